The summed E-state index contributed by atoms with van der Waals surface area (Å²) in [5.41, 5.74) is 2.07. The Morgan fingerprint density at radius 1 is 1.06 bits per heavy atom. The van der Waals surface area contributed by atoms with E-state index >= 15 is 0 Å². The van der Waals surface area contributed by atoms with Gasteiger partial charge in [-0.1, -0.05) is 29.8 Å². The van der Waals surface area contributed by atoms with Crippen LogP contribution in [0.3, 0.4) is 0 Å². The highest BCUT2D eigenvalue weighted by molar-refractivity contribution is 5.85. The highest BCUT2D eigenvalue weighted by Gasteiger charge is 2.39. The number of alkyl halides is 3. The maximum Gasteiger partial charge on any atom is 0.490 e. The van der Waals surface area contributed by atoms with Crippen molar-refractivity contribution in [2.75, 3.05) is 32.8 Å². The summed E-state index contributed by atoms with van der Waals surface area (Å²) >= 11 is 0. The Hall–Kier alpha value is -2.66. The van der Waals surface area contributed by atoms with Crippen LogP contribution in [0.4, 0.5) is 13.2 Å². The van der Waals surface area contributed by atoms with E-state index in [4.69, 9.17) is 14.6 Å². The summed E-state index contributed by atoms with van der Waals surface area (Å²) < 4.78 is 37.1. The van der Waals surface area contributed by atoms with E-state index in [-0.39, 0.29) is 18.4 Å². The maximum atomic E-state index is 12.7. The summed E-state index contributed by atoms with van der Waals surface area (Å²) in [4.78, 5) is 37.2. The van der Waals surface area contributed by atoms with Crippen LogP contribution in [0.15, 0.2) is 24.3 Å². The zero-order chi connectivity index (χ0) is 23.9. The van der Waals surface area contributed by atoms with E-state index in [0.717, 1.165) is 30.6 Å². The van der Waals surface area contributed by atoms with Crippen LogP contribution in [-0.2, 0) is 25.5 Å². The number of piperidine rings is 1. The number of carbonyl (C=O) groups is 3. The molecule has 0 aromatic heterocycles. The Morgan fingerprint density at radius 2 is 1.62 bits per heavy atom. The standard InChI is InChI=1S/C19H26N2O4.C2HF3O2/c1-14-2-4-15(5-3-14)12-18(22)21-7-6-16(13-17(21)19(23)24)20-8-10-25-11-9-20;3-2(4,5)1(6)7/h2-5,16-17H,6-13H2,1H3,(H,23,24);(H,6,7). The fraction of sp³-hybridized carbons (Fsp3) is 0.571. The molecule has 0 spiro atoms. The number of hydrogen-bond donors (Lipinski definition) is 2. The molecule has 2 heterocycles. The van der Waals surface area contributed by atoms with E-state index in [1.54, 1.807) is 4.90 Å². The third kappa shape index (κ3) is 7.49. The normalized spacial score (nSPS) is 21.9. The first-order valence-electron chi connectivity index (χ1n) is 10.2. The van der Waals surface area contributed by atoms with Crippen molar-refractivity contribution < 1.29 is 42.5 Å². The monoisotopic (exact) mass is 460 g/mol. The van der Waals surface area contributed by atoms with Crippen LogP contribution < -0.4 is 0 Å². The number of carboxylic acid groups (broad SMARTS) is 2. The number of aryl methyl sites for hydroxylation is 1. The summed E-state index contributed by atoms with van der Waals surface area (Å²) in [6.07, 6.45) is -3.51. The molecule has 1 aromatic rings. The van der Waals surface area contributed by atoms with Gasteiger partial charge in [0.2, 0.25) is 5.91 Å². The number of rotatable bonds is 4. The summed E-state index contributed by atoms with van der Waals surface area (Å²) in [5, 5.41) is 16.8. The van der Waals surface area contributed by atoms with Crippen LogP contribution >= 0.6 is 0 Å². The molecule has 2 saturated heterocycles. The van der Waals surface area contributed by atoms with Gasteiger partial charge < -0.3 is 19.8 Å². The van der Waals surface area contributed by atoms with E-state index < -0.39 is 24.2 Å². The molecule has 0 radical (unpaired) electrons. The molecule has 11 heteroatoms. The molecule has 178 valence electrons. The Kier molecular flexibility index (Phi) is 9.02. The van der Waals surface area contributed by atoms with Gasteiger partial charge in [-0.3, -0.25) is 9.69 Å². The molecule has 8 nitrogen and oxygen atoms in total. The highest BCUT2D eigenvalue weighted by atomic mass is 19.4. The fourth-order valence-electron chi connectivity index (χ4n) is 3.74. The van der Waals surface area contributed by atoms with Gasteiger partial charge in [-0.25, -0.2) is 9.59 Å². The second-order valence-electron chi connectivity index (χ2n) is 7.73. The molecule has 32 heavy (non-hydrogen) atoms. The van der Waals surface area contributed by atoms with Crippen molar-refractivity contribution >= 4 is 17.8 Å². The molecule has 1 aromatic carbocycles. The van der Waals surface area contributed by atoms with Gasteiger partial charge >= 0.3 is 18.1 Å². The lowest BCUT2D eigenvalue weighted by atomic mass is 9.94. The Balaban J connectivity index is 0.000000451. The Morgan fingerprint density at radius 3 is 2.12 bits per heavy atom. The number of benzene rings is 1. The van der Waals surface area contributed by atoms with E-state index in [9.17, 15) is 27.9 Å². The lowest BCUT2D eigenvalue weighted by Gasteiger charge is -2.43. The quantitative estimate of drug-likeness (QED) is 0.707. The van der Waals surface area contributed by atoms with Gasteiger partial charge in [-0.05, 0) is 25.3 Å². The van der Waals surface area contributed by atoms with Crippen LogP contribution in [0.5, 0.6) is 0 Å². The van der Waals surface area contributed by atoms with E-state index in [0.29, 0.717) is 26.2 Å². The number of aliphatic carboxylic acids is 2. The van der Waals surface area contributed by atoms with Crippen molar-refractivity contribution in [1.82, 2.24) is 9.80 Å². The average Bonchev–Trinajstić information content (AvgIpc) is 2.75. The molecule has 0 bridgehead atoms. The molecule has 2 fully saturated rings. The van der Waals surface area contributed by atoms with Gasteiger partial charge in [-0.15, -0.1) is 0 Å². The Labute approximate surface area is 183 Å². The zero-order valence-electron chi connectivity index (χ0n) is 17.7. The fourth-order valence-corrected chi connectivity index (χ4v) is 3.74. The minimum Gasteiger partial charge on any atom is -0.480 e. The predicted octanol–water partition coefficient (Wildman–Crippen LogP) is 1.95. The third-order valence-electron chi connectivity index (χ3n) is 5.46. The molecule has 2 unspecified atom stereocenters. The van der Waals surface area contributed by atoms with Crippen molar-refractivity contribution in [2.24, 2.45) is 0 Å². The summed E-state index contributed by atoms with van der Waals surface area (Å²) in [6.45, 7) is 5.59. The van der Waals surface area contributed by atoms with Gasteiger partial charge in [-0.2, -0.15) is 13.2 Å². The van der Waals surface area contributed by atoms with Gasteiger partial charge in [0.25, 0.3) is 0 Å². The largest absolute Gasteiger partial charge is 0.490 e. The SMILES string of the molecule is Cc1ccc(CC(=O)N2CCC(N3CCOCC3)CC2C(=O)O)cc1.O=C(O)C(F)(F)F. The average molecular weight is 460 g/mol. The molecule has 2 atom stereocenters. The summed E-state index contributed by atoms with van der Waals surface area (Å²) in [7, 11) is 0. The van der Waals surface area contributed by atoms with Gasteiger partial charge in [0.15, 0.2) is 0 Å². The number of nitrogens with zero attached hydrogens (tertiary/aromatic N) is 2. The van der Waals surface area contributed by atoms with Crippen molar-refractivity contribution in [3.05, 3.63) is 35.4 Å². The maximum absolute atomic E-state index is 12.7. The number of carboxylic acids is 2. The third-order valence-corrected chi connectivity index (χ3v) is 5.46. The minimum atomic E-state index is -5.08. The van der Waals surface area contributed by atoms with Gasteiger partial charge in [0, 0.05) is 25.7 Å². The lowest BCUT2D eigenvalue weighted by molar-refractivity contribution is -0.192. The van der Waals surface area contributed by atoms with Crippen LogP contribution in [0.2, 0.25) is 0 Å². The summed E-state index contributed by atoms with van der Waals surface area (Å²) in [5.74, 6) is -3.76. The van der Waals surface area contributed by atoms with Crippen LogP contribution in [0.1, 0.15) is 24.0 Å². The smallest absolute Gasteiger partial charge is 0.480 e. The predicted molar refractivity (Wildman–Crippen MR) is 107 cm³/mol. The van der Waals surface area contributed by atoms with Crippen LogP contribution in [-0.4, -0.2) is 89.0 Å². The molecule has 1 amide bonds. The van der Waals surface area contributed by atoms with E-state index in [1.165, 1.54) is 0 Å². The van der Waals surface area contributed by atoms with Crippen LogP contribution in [0.25, 0.3) is 0 Å². The van der Waals surface area contributed by atoms with Crippen molar-refractivity contribution in [3.8, 4) is 0 Å². The van der Waals surface area contributed by atoms with Gasteiger partial charge in [0.1, 0.15) is 6.04 Å². The van der Waals surface area contributed by atoms with Crippen LogP contribution in [0, 0.1) is 6.92 Å². The number of ether oxygens (including phenoxy) is 1. The number of amides is 1. The van der Waals surface area contributed by atoms with E-state index in [2.05, 4.69) is 4.90 Å². The second kappa shape index (κ2) is 11.3. The molecule has 2 aliphatic heterocycles. The molecular weight excluding hydrogens is 433 g/mol. The number of halogens is 3. The van der Waals surface area contributed by atoms with E-state index in [1.807, 2.05) is 31.2 Å². The summed E-state index contributed by atoms with van der Waals surface area (Å²) in [6, 6.07) is 7.30. The topological polar surface area (TPSA) is 107 Å². The second-order valence-corrected chi connectivity index (χ2v) is 7.73. The number of morpholine rings is 1. The highest BCUT2D eigenvalue weighted by Crippen LogP contribution is 2.24. The first-order chi connectivity index (χ1) is 15.0. The first kappa shape index (κ1) is 25.6. The molecule has 3 rings (SSSR count). The first-order valence-corrected chi connectivity index (χ1v) is 10.2. The zero-order valence-corrected chi connectivity index (χ0v) is 17.7. The number of carbonyl (C=O) groups excluding carboxylic acids is 1. The van der Waals surface area contributed by atoms with Crippen molar-refractivity contribution in [1.29, 1.82) is 0 Å². The molecule has 0 aliphatic carbocycles. The molecule has 0 saturated carbocycles. The van der Waals surface area contributed by atoms with Crippen molar-refractivity contribution in [3.63, 3.8) is 0 Å². The number of hydrogen-bond acceptors (Lipinski definition) is 5. The molecule has 2 aliphatic rings. The number of likely N-dealkylation sites (tertiary alicyclic amines) is 1. The molecular formula is C21H27F3N2O6. The lowest BCUT2D eigenvalue weighted by Crippen LogP contribution is -2.56. The van der Waals surface area contributed by atoms with Gasteiger partial charge in [0.05, 0.1) is 19.6 Å². The van der Waals surface area contributed by atoms with Crippen molar-refractivity contribution in [2.45, 2.75) is 44.4 Å². The minimum absolute atomic E-state index is 0.100. The molecule has 2 N–H and O–H groups in total. The Bertz CT molecular complexity index is 794.